The van der Waals surface area contributed by atoms with Crippen molar-refractivity contribution in [3.8, 4) is 5.75 Å². The fourth-order valence-corrected chi connectivity index (χ4v) is 1.63. The molecule has 0 aliphatic heterocycles. The molecule has 1 aromatic carbocycles. The largest absolute Gasteiger partial charge is 0.497 e. The zero-order valence-corrected chi connectivity index (χ0v) is 11.8. The second kappa shape index (κ2) is 5.30. The lowest BCUT2D eigenvalue weighted by molar-refractivity contribution is 0.347. The number of benzene rings is 1. The average molecular weight is 260 g/mol. The minimum absolute atomic E-state index is 0.0405. The monoisotopic (exact) mass is 260 g/mol. The zero-order chi connectivity index (χ0) is 13.9. The molecule has 0 spiro atoms. The van der Waals surface area contributed by atoms with Crippen LogP contribution in [0.2, 0.25) is 0 Å². The molecule has 1 N–H and O–H groups in total. The third-order valence-electron chi connectivity index (χ3n) is 2.77. The van der Waals surface area contributed by atoms with Crippen LogP contribution in [0.1, 0.15) is 26.5 Å². The summed E-state index contributed by atoms with van der Waals surface area (Å²) in [7, 11) is 1.66. The van der Waals surface area contributed by atoms with Crippen molar-refractivity contribution in [3.05, 3.63) is 36.2 Å². The summed E-state index contributed by atoms with van der Waals surface area (Å²) in [5.41, 5.74) is 1.88. The van der Waals surface area contributed by atoms with Crippen molar-refractivity contribution < 1.29 is 4.74 Å². The van der Waals surface area contributed by atoms with Gasteiger partial charge in [0.1, 0.15) is 11.4 Å². The molecular formula is C14H20N4O. The van der Waals surface area contributed by atoms with Crippen LogP contribution in [0.25, 0.3) is 0 Å². The van der Waals surface area contributed by atoms with E-state index < -0.39 is 0 Å². The number of hydrogen-bond donors (Lipinski definition) is 1. The van der Waals surface area contributed by atoms with Crippen molar-refractivity contribution >= 4 is 5.69 Å². The summed E-state index contributed by atoms with van der Waals surface area (Å²) in [5, 5.41) is 11.6. The predicted molar refractivity (Wildman–Crippen MR) is 75.3 cm³/mol. The van der Waals surface area contributed by atoms with Crippen molar-refractivity contribution in [1.29, 1.82) is 0 Å². The Kier molecular flexibility index (Phi) is 3.74. The lowest BCUT2D eigenvalue weighted by Crippen LogP contribution is -2.22. The normalized spacial score (nSPS) is 11.4. The molecule has 0 fully saturated rings. The molecule has 0 unspecified atom stereocenters. The maximum absolute atomic E-state index is 5.18. The smallest absolute Gasteiger partial charge is 0.120 e. The van der Waals surface area contributed by atoms with E-state index in [1.54, 1.807) is 7.11 Å². The SMILES string of the molecule is COc1cccc(NCc2cn(C(C)(C)C)nn2)c1. The summed E-state index contributed by atoms with van der Waals surface area (Å²) in [5.74, 6) is 0.836. The van der Waals surface area contributed by atoms with Crippen molar-refractivity contribution in [2.45, 2.75) is 32.9 Å². The highest BCUT2D eigenvalue weighted by Crippen LogP contribution is 2.17. The highest BCUT2D eigenvalue weighted by Gasteiger charge is 2.14. The number of aromatic nitrogens is 3. The van der Waals surface area contributed by atoms with Crippen LogP contribution >= 0.6 is 0 Å². The van der Waals surface area contributed by atoms with Gasteiger partial charge in [0.25, 0.3) is 0 Å². The van der Waals surface area contributed by atoms with Gasteiger partial charge in [0.05, 0.1) is 25.4 Å². The third kappa shape index (κ3) is 3.47. The lowest BCUT2D eigenvalue weighted by Gasteiger charge is -2.17. The van der Waals surface area contributed by atoms with Crippen LogP contribution < -0.4 is 10.1 Å². The molecule has 0 aliphatic rings. The Labute approximate surface area is 113 Å². The van der Waals surface area contributed by atoms with Gasteiger partial charge < -0.3 is 10.1 Å². The Hall–Kier alpha value is -2.04. The van der Waals surface area contributed by atoms with E-state index in [0.717, 1.165) is 17.1 Å². The first-order chi connectivity index (χ1) is 8.99. The molecule has 0 amide bonds. The third-order valence-corrected chi connectivity index (χ3v) is 2.77. The Balaban J connectivity index is 2.00. The van der Waals surface area contributed by atoms with Crippen LogP contribution in [0.4, 0.5) is 5.69 Å². The Morgan fingerprint density at radius 1 is 1.32 bits per heavy atom. The minimum atomic E-state index is -0.0405. The van der Waals surface area contributed by atoms with E-state index in [1.165, 1.54) is 0 Å². The van der Waals surface area contributed by atoms with Gasteiger partial charge in [-0.25, -0.2) is 4.68 Å². The topological polar surface area (TPSA) is 52.0 Å². The Morgan fingerprint density at radius 2 is 2.11 bits per heavy atom. The van der Waals surface area contributed by atoms with Crippen LogP contribution in [-0.2, 0) is 12.1 Å². The van der Waals surface area contributed by atoms with E-state index >= 15 is 0 Å². The van der Waals surface area contributed by atoms with Gasteiger partial charge in [0.15, 0.2) is 0 Å². The fraction of sp³-hybridized carbons (Fsp3) is 0.429. The maximum atomic E-state index is 5.18. The Bertz CT molecular complexity index is 542. The van der Waals surface area contributed by atoms with Crippen LogP contribution in [-0.4, -0.2) is 22.1 Å². The van der Waals surface area contributed by atoms with E-state index in [1.807, 2.05) is 35.1 Å². The fourth-order valence-electron chi connectivity index (χ4n) is 1.63. The summed E-state index contributed by atoms with van der Waals surface area (Å²) < 4.78 is 7.05. The molecule has 5 nitrogen and oxygen atoms in total. The van der Waals surface area contributed by atoms with E-state index in [-0.39, 0.29) is 5.54 Å². The number of nitrogens with one attached hydrogen (secondary N) is 1. The highest BCUT2D eigenvalue weighted by atomic mass is 16.5. The number of ether oxygens (including phenoxy) is 1. The predicted octanol–water partition coefficient (Wildman–Crippen LogP) is 2.65. The standard InChI is InChI=1S/C14H20N4O/c1-14(2,3)18-10-12(16-17-18)9-15-11-6-5-7-13(8-11)19-4/h5-8,10,15H,9H2,1-4H3. The molecule has 5 heteroatoms. The van der Waals surface area contributed by atoms with Crippen LogP contribution in [0, 0.1) is 0 Å². The summed E-state index contributed by atoms with van der Waals surface area (Å²) in [6.07, 6.45) is 1.97. The molecular weight excluding hydrogens is 240 g/mol. The first-order valence-corrected chi connectivity index (χ1v) is 6.28. The molecule has 1 heterocycles. The second-order valence-corrected chi connectivity index (χ2v) is 5.41. The average Bonchev–Trinajstić information content (AvgIpc) is 2.85. The molecule has 0 atom stereocenters. The van der Waals surface area contributed by atoms with Gasteiger partial charge in [0, 0.05) is 11.8 Å². The van der Waals surface area contributed by atoms with Crippen molar-refractivity contribution in [1.82, 2.24) is 15.0 Å². The van der Waals surface area contributed by atoms with E-state index in [4.69, 9.17) is 4.74 Å². The van der Waals surface area contributed by atoms with Crippen molar-refractivity contribution in [3.63, 3.8) is 0 Å². The molecule has 2 rings (SSSR count). The van der Waals surface area contributed by atoms with E-state index in [0.29, 0.717) is 6.54 Å². The van der Waals surface area contributed by atoms with Crippen molar-refractivity contribution in [2.24, 2.45) is 0 Å². The van der Waals surface area contributed by atoms with Gasteiger partial charge in [0.2, 0.25) is 0 Å². The summed E-state index contributed by atoms with van der Waals surface area (Å²) >= 11 is 0. The number of hydrogen-bond acceptors (Lipinski definition) is 4. The first-order valence-electron chi connectivity index (χ1n) is 6.28. The molecule has 0 bridgehead atoms. The summed E-state index contributed by atoms with van der Waals surface area (Å²) in [6.45, 7) is 6.94. The number of anilines is 1. The van der Waals surface area contributed by atoms with Crippen molar-refractivity contribution in [2.75, 3.05) is 12.4 Å². The molecule has 0 aliphatic carbocycles. The van der Waals surface area contributed by atoms with Gasteiger partial charge in [-0.3, -0.25) is 0 Å². The molecule has 0 saturated carbocycles. The minimum Gasteiger partial charge on any atom is -0.497 e. The van der Waals surface area contributed by atoms with Crippen LogP contribution in [0.3, 0.4) is 0 Å². The molecule has 19 heavy (non-hydrogen) atoms. The van der Waals surface area contributed by atoms with Crippen LogP contribution in [0.15, 0.2) is 30.5 Å². The van der Waals surface area contributed by atoms with E-state index in [9.17, 15) is 0 Å². The maximum Gasteiger partial charge on any atom is 0.120 e. The number of nitrogens with zero attached hydrogens (tertiary/aromatic N) is 3. The molecule has 2 aromatic rings. The quantitative estimate of drug-likeness (QED) is 0.918. The lowest BCUT2D eigenvalue weighted by atomic mass is 10.1. The van der Waals surface area contributed by atoms with Gasteiger partial charge in [-0.15, -0.1) is 5.10 Å². The second-order valence-electron chi connectivity index (χ2n) is 5.41. The van der Waals surface area contributed by atoms with Gasteiger partial charge in [-0.1, -0.05) is 11.3 Å². The van der Waals surface area contributed by atoms with Crippen LogP contribution in [0.5, 0.6) is 5.75 Å². The number of rotatable bonds is 4. The van der Waals surface area contributed by atoms with E-state index in [2.05, 4.69) is 36.4 Å². The summed E-state index contributed by atoms with van der Waals surface area (Å²) in [4.78, 5) is 0. The molecule has 102 valence electrons. The number of methoxy groups -OCH3 is 1. The molecule has 0 saturated heterocycles. The molecule has 0 radical (unpaired) electrons. The van der Waals surface area contributed by atoms with Gasteiger partial charge in [-0.05, 0) is 32.9 Å². The summed E-state index contributed by atoms with van der Waals surface area (Å²) in [6, 6.07) is 7.82. The van der Waals surface area contributed by atoms with Gasteiger partial charge in [-0.2, -0.15) is 0 Å². The molecule has 1 aromatic heterocycles. The first kappa shape index (κ1) is 13.4. The van der Waals surface area contributed by atoms with Gasteiger partial charge >= 0.3 is 0 Å². The Morgan fingerprint density at radius 3 is 2.74 bits per heavy atom. The zero-order valence-electron chi connectivity index (χ0n) is 11.8. The highest BCUT2D eigenvalue weighted by molar-refractivity contribution is 5.48.